The maximum Gasteiger partial charge on any atom is 0.307 e. The zero-order chi connectivity index (χ0) is 21.0. The number of thiophene rings is 1. The van der Waals surface area contributed by atoms with Crippen LogP contribution >= 0.6 is 11.3 Å². The standard InChI is InChI=1S/C22H30N2O4S/c1-3-15-13(2)29-21(18(15)20(26)23-14-9-5-4-6-10-14)24-19(25)16-11-7-8-12-17(16)22(27)28/h7-8,14,16-17H,3-6,9-12H2,1-2H3,(H,23,26)(H,24,25)(H,27,28)/t16-,17-/m0/s1. The van der Waals surface area contributed by atoms with Crippen LogP contribution in [0.4, 0.5) is 5.00 Å². The summed E-state index contributed by atoms with van der Waals surface area (Å²) in [6, 6.07) is 0.185. The molecular formula is C22H30N2O4S. The van der Waals surface area contributed by atoms with E-state index in [0.717, 1.165) is 36.1 Å². The van der Waals surface area contributed by atoms with Crippen LogP contribution in [0.1, 0.15) is 72.7 Å². The van der Waals surface area contributed by atoms with Crippen molar-refractivity contribution in [1.82, 2.24) is 5.32 Å². The van der Waals surface area contributed by atoms with E-state index < -0.39 is 17.8 Å². The number of aliphatic carboxylic acids is 1. The summed E-state index contributed by atoms with van der Waals surface area (Å²) in [6.45, 7) is 3.96. The molecule has 3 N–H and O–H groups in total. The van der Waals surface area contributed by atoms with Crippen LogP contribution in [-0.4, -0.2) is 28.9 Å². The molecule has 158 valence electrons. The van der Waals surface area contributed by atoms with E-state index in [0.29, 0.717) is 29.8 Å². The first-order valence-corrected chi connectivity index (χ1v) is 11.4. The monoisotopic (exact) mass is 418 g/mol. The average Bonchev–Trinajstić information content (AvgIpc) is 3.03. The van der Waals surface area contributed by atoms with E-state index in [9.17, 15) is 19.5 Å². The molecule has 29 heavy (non-hydrogen) atoms. The van der Waals surface area contributed by atoms with Gasteiger partial charge in [-0.15, -0.1) is 11.3 Å². The van der Waals surface area contributed by atoms with E-state index >= 15 is 0 Å². The zero-order valence-electron chi connectivity index (χ0n) is 17.1. The van der Waals surface area contributed by atoms with Gasteiger partial charge in [-0.2, -0.15) is 0 Å². The summed E-state index contributed by atoms with van der Waals surface area (Å²) in [5.41, 5.74) is 1.50. The van der Waals surface area contributed by atoms with Gasteiger partial charge in [-0.1, -0.05) is 38.3 Å². The largest absolute Gasteiger partial charge is 0.481 e. The molecule has 1 aromatic rings. The number of rotatable bonds is 6. The molecule has 7 heteroatoms. The predicted molar refractivity (Wildman–Crippen MR) is 114 cm³/mol. The summed E-state index contributed by atoms with van der Waals surface area (Å²) in [5.74, 6) is -2.77. The molecule has 0 aromatic carbocycles. The van der Waals surface area contributed by atoms with Crippen molar-refractivity contribution in [3.8, 4) is 0 Å². The highest BCUT2D eigenvalue weighted by atomic mass is 32.1. The number of carboxylic acids is 1. The highest BCUT2D eigenvalue weighted by Crippen LogP contribution is 2.35. The van der Waals surface area contributed by atoms with Gasteiger partial charge in [0.15, 0.2) is 0 Å². The molecule has 1 aromatic heterocycles. The minimum atomic E-state index is -0.957. The van der Waals surface area contributed by atoms with Gasteiger partial charge in [-0.25, -0.2) is 0 Å². The van der Waals surface area contributed by atoms with E-state index in [4.69, 9.17) is 0 Å². The topological polar surface area (TPSA) is 95.5 Å². The van der Waals surface area contributed by atoms with E-state index in [-0.39, 0.29) is 17.9 Å². The van der Waals surface area contributed by atoms with Crippen molar-refractivity contribution in [2.45, 2.75) is 71.3 Å². The average molecular weight is 419 g/mol. The maximum absolute atomic E-state index is 13.1. The fraction of sp³-hybridized carbons (Fsp3) is 0.591. The van der Waals surface area contributed by atoms with Gasteiger partial charge in [0.2, 0.25) is 5.91 Å². The van der Waals surface area contributed by atoms with Gasteiger partial charge in [0.25, 0.3) is 5.91 Å². The summed E-state index contributed by atoms with van der Waals surface area (Å²) >= 11 is 1.40. The molecule has 0 unspecified atom stereocenters. The molecule has 1 saturated carbocycles. The summed E-state index contributed by atoms with van der Waals surface area (Å²) < 4.78 is 0. The van der Waals surface area contributed by atoms with Gasteiger partial charge in [0.05, 0.1) is 17.4 Å². The third kappa shape index (κ3) is 4.89. The lowest BCUT2D eigenvalue weighted by Gasteiger charge is -2.25. The first-order valence-electron chi connectivity index (χ1n) is 10.5. The quantitative estimate of drug-likeness (QED) is 0.601. The number of allylic oxidation sites excluding steroid dienone is 2. The molecular weight excluding hydrogens is 388 g/mol. The Balaban J connectivity index is 1.81. The van der Waals surface area contributed by atoms with Crippen LogP contribution in [0.25, 0.3) is 0 Å². The minimum Gasteiger partial charge on any atom is -0.481 e. The number of carbonyl (C=O) groups is 3. The number of carbonyl (C=O) groups excluding carboxylic acids is 2. The second kappa shape index (κ2) is 9.57. The third-order valence-electron chi connectivity index (χ3n) is 6.05. The minimum absolute atomic E-state index is 0.133. The third-order valence-corrected chi connectivity index (χ3v) is 7.12. The Hall–Kier alpha value is -2.15. The van der Waals surface area contributed by atoms with Gasteiger partial charge in [-0.3, -0.25) is 14.4 Å². The zero-order valence-corrected chi connectivity index (χ0v) is 17.9. The summed E-state index contributed by atoms with van der Waals surface area (Å²) in [4.78, 5) is 38.6. The van der Waals surface area contributed by atoms with Gasteiger partial charge in [0.1, 0.15) is 5.00 Å². The normalized spacial score (nSPS) is 22.3. The summed E-state index contributed by atoms with van der Waals surface area (Å²) in [5, 5.41) is 16.1. The molecule has 2 aliphatic rings. The lowest BCUT2D eigenvalue weighted by atomic mass is 9.82. The highest BCUT2D eigenvalue weighted by Gasteiger charge is 2.35. The molecule has 6 nitrogen and oxygen atoms in total. The van der Waals surface area contributed by atoms with Gasteiger partial charge >= 0.3 is 5.97 Å². The Labute approximate surface area is 175 Å². The van der Waals surface area contributed by atoms with Crippen molar-refractivity contribution in [2.75, 3.05) is 5.32 Å². The van der Waals surface area contributed by atoms with Gasteiger partial charge < -0.3 is 15.7 Å². The van der Waals surface area contributed by atoms with E-state index in [1.807, 2.05) is 26.0 Å². The molecule has 0 saturated heterocycles. The fourth-order valence-electron chi connectivity index (χ4n) is 4.42. The smallest absolute Gasteiger partial charge is 0.307 e. The van der Waals surface area contributed by atoms with E-state index in [2.05, 4.69) is 10.6 Å². The Morgan fingerprint density at radius 3 is 2.38 bits per heavy atom. The SMILES string of the molecule is CCc1c(C)sc(NC(=O)[C@H]2CC=CC[C@@H]2C(=O)O)c1C(=O)NC1CCCCC1. The number of hydrogen-bond acceptors (Lipinski definition) is 4. The van der Waals surface area contributed by atoms with E-state index in [1.165, 1.54) is 17.8 Å². The first-order chi connectivity index (χ1) is 13.9. The van der Waals surface area contributed by atoms with Gasteiger partial charge in [0, 0.05) is 10.9 Å². The van der Waals surface area contributed by atoms with Crippen LogP contribution in [0.5, 0.6) is 0 Å². The summed E-state index contributed by atoms with van der Waals surface area (Å²) in [7, 11) is 0. The van der Waals surface area contributed by atoms with Gasteiger partial charge in [-0.05, 0) is 44.6 Å². The van der Waals surface area contributed by atoms with Crippen LogP contribution < -0.4 is 10.6 Å². The number of nitrogens with one attached hydrogen (secondary N) is 2. The lowest BCUT2D eigenvalue weighted by molar-refractivity contribution is -0.146. The molecule has 0 spiro atoms. The predicted octanol–water partition coefficient (Wildman–Crippen LogP) is 4.29. The number of hydrogen-bond donors (Lipinski definition) is 3. The first kappa shape index (κ1) is 21.6. The highest BCUT2D eigenvalue weighted by molar-refractivity contribution is 7.16. The Morgan fingerprint density at radius 1 is 1.10 bits per heavy atom. The lowest BCUT2D eigenvalue weighted by Crippen LogP contribution is -2.37. The fourth-order valence-corrected chi connectivity index (χ4v) is 5.56. The van der Waals surface area contributed by atoms with Crippen LogP contribution in [0.15, 0.2) is 12.2 Å². The van der Waals surface area contributed by atoms with Crippen LogP contribution in [0.2, 0.25) is 0 Å². The molecule has 2 atom stereocenters. The van der Waals surface area contributed by atoms with Crippen LogP contribution in [-0.2, 0) is 16.0 Å². The van der Waals surface area contributed by atoms with Crippen LogP contribution in [0.3, 0.4) is 0 Å². The number of anilines is 1. The summed E-state index contributed by atoms with van der Waals surface area (Å²) in [6.07, 6.45) is 10.6. The van der Waals surface area contributed by atoms with E-state index in [1.54, 1.807) is 0 Å². The molecule has 2 amide bonds. The Morgan fingerprint density at radius 2 is 1.76 bits per heavy atom. The Kier molecular flexibility index (Phi) is 7.11. The number of amides is 2. The van der Waals surface area contributed by atoms with Crippen molar-refractivity contribution in [3.63, 3.8) is 0 Å². The molecule has 3 rings (SSSR count). The maximum atomic E-state index is 13.1. The number of carboxylic acid groups (broad SMARTS) is 1. The Bertz CT molecular complexity index is 808. The van der Waals surface area contributed by atoms with Crippen molar-refractivity contribution >= 4 is 34.1 Å². The molecule has 1 heterocycles. The molecule has 1 fully saturated rings. The molecule has 0 aliphatic heterocycles. The molecule has 0 bridgehead atoms. The van der Waals surface area contributed by atoms with Crippen molar-refractivity contribution in [1.29, 1.82) is 0 Å². The van der Waals surface area contributed by atoms with Crippen molar-refractivity contribution < 1.29 is 19.5 Å². The van der Waals surface area contributed by atoms with Crippen molar-refractivity contribution in [2.24, 2.45) is 11.8 Å². The second-order valence-electron chi connectivity index (χ2n) is 7.99. The van der Waals surface area contributed by atoms with Crippen LogP contribution in [0, 0.1) is 18.8 Å². The van der Waals surface area contributed by atoms with Crippen molar-refractivity contribution in [3.05, 3.63) is 28.2 Å². The second-order valence-corrected chi connectivity index (χ2v) is 9.21. The number of aryl methyl sites for hydroxylation is 1. The molecule has 2 aliphatic carbocycles. The molecule has 0 radical (unpaired) electrons.